The smallest absolute Gasteiger partial charge is 0.230 e. The normalized spacial score (nSPS) is 11.5. The van der Waals surface area contributed by atoms with Gasteiger partial charge in [0.2, 0.25) is 5.91 Å². The first kappa shape index (κ1) is 26.9. The number of ether oxygens (including phenoxy) is 1. The molecule has 1 atom stereocenters. The van der Waals surface area contributed by atoms with E-state index in [0.717, 1.165) is 34.1 Å². The summed E-state index contributed by atoms with van der Waals surface area (Å²) >= 11 is 0. The predicted molar refractivity (Wildman–Crippen MR) is 144 cm³/mol. The second-order valence-electron chi connectivity index (χ2n) is 8.36. The molecular weight excluding hydrogens is 478 g/mol. The molecule has 8 heteroatoms. The van der Waals surface area contributed by atoms with Gasteiger partial charge in [-0.2, -0.15) is 0 Å². The largest absolute Gasteiger partial charge is 0.508 e. The summed E-state index contributed by atoms with van der Waals surface area (Å²) < 4.78 is 5.50. The Morgan fingerprint density at radius 3 is 2.44 bits per heavy atom. The Hall–Kier alpha value is -3.65. The van der Waals surface area contributed by atoms with Crippen LogP contribution in [0.5, 0.6) is 11.5 Å². The molecule has 1 aromatic heterocycles. The number of phenols is 1. The number of hydrogen-bond donors (Lipinski definition) is 4. The zero-order valence-electron chi connectivity index (χ0n) is 19.8. The molecule has 0 aliphatic heterocycles. The number of nitrogens with one attached hydrogen (secondary N) is 2. The van der Waals surface area contributed by atoms with Crippen molar-refractivity contribution in [3.8, 4) is 11.5 Å². The van der Waals surface area contributed by atoms with Crippen molar-refractivity contribution in [1.29, 1.82) is 0 Å². The van der Waals surface area contributed by atoms with Gasteiger partial charge in [-0.3, -0.25) is 9.78 Å². The highest BCUT2D eigenvalue weighted by Gasteiger charge is 2.08. The molecule has 4 rings (SSSR count). The number of aliphatic hydroxyl groups is 1. The highest BCUT2D eigenvalue weighted by Crippen LogP contribution is 2.16. The Morgan fingerprint density at radius 1 is 0.972 bits per heavy atom. The van der Waals surface area contributed by atoms with Crippen molar-refractivity contribution in [2.24, 2.45) is 0 Å². The molecule has 0 aliphatic carbocycles. The topological polar surface area (TPSA) is 104 Å². The summed E-state index contributed by atoms with van der Waals surface area (Å²) in [6.07, 6.45) is 2.16. The molecule has 7 nitrogen and oxygen atoms in total. The lowest BCUT2D eigenvalue weighted by Gasteiger charge is -2.13. The summed E-state index contributed by atoms with van der Waals surface area (Å²) in [5.74, 6) is 0.668. The van der Waals surface area contributed by atoms with Crippen molar-refractivity contribution in [1.82, 2.24) is 10.3 Å². The number of anilines is 1. The number of aliphatic hydroxyl groups excluding tert-OH is 1. The fourth-order valence-electron chi connectivity index (χ4n) is 3.65. The van der Waals surface area contributed by atoms with Gasteiger partial charge in [0, 0.05) is 23.8 Å². The zero-order chi connectivity index (χ0) is 24.5. The van der Waals surface area contributed by atoms with Gasteiger partial charge < -0.3 is 25.6 Å². The van der Waals surface area contributed by atoms with Crippen molar-refractivity contribution in [3.05, 3.63) is 96.3 Å². The van der Waals surface area contributed by atoms with Crippen LogP contribution in [0.1, 0.15) is 11.3 Å². The Kier molecular flexibility index (Phi) is 10.1. The molecule has 0 radical (unpaired) electrons. The SMILES string of the molecule is Cl.O=C(Cc1cc2ccccc2cn1)Nc1ccc(CCNC[C@H](O)COc2ccc(O)cc2)cc1. The van der Waals surface area contributed by atoms with E-state index in [2.05, 4.69) is 15.6 Å². The molecule has 0 aliphatic rings. The number of aromatic hydroxyl groups is 1. The van der Waals surface area contributed by atoms with Gasteiger partial charge in [0.1, 0.15) is 24.2 Å². The zero-order valence-corrected chi connectivity index (χ0v) is 20.6. The molecule has 36 heavy (non-hydrogen) atoms. The van der Waals surface area contributed by atoms with Gasteiger partial charge in [-0.25, -0.2) is 0 Å². The van der Waals surface area contributed by atoms with Crippen LogP contribution in [0.25, 0.3) is 10.8 Å². The van der Waals surface area contributed by atoms with Crippen molar-refractivity contribution in [2.75, 3.05) is 25.0 Å². The number of carbonyl (C=O) groups excluding carboxylic acids is 1. The maximum atomic E-state index is 12.4. The second-order valence-corrected chi connectivity index (χ2v) is 8.36. The van der Waals surface area contributed by atoms with Gasteiger partial charge in [-0.05, 0) is 66.4 Å². The van der Waals surface area contributed by atoms with E-state index in [4.69, 9.17) is 4.74 Å². The van der Waals surface area contributed by atoms with E-state index in [-0.39, 0.29) is 37.1 Å². The maximum absolute atomic E-state index is 12.4. The molecule has 4 aromatic rings. The molecule has 188 valence electrons. The van der Waals surface area contributed by atoms with Crippen LogP contribution in [0.4, 0.5) is 5.69 Å². The molecule has 0 spiro atoms. The lowest BCUT2D eigenvalue weighted by molar-refractivity contribution is -0.115. The lowest BCUT2D eigenvalue weighted by Crippen LogP contribution is -2.32. The molecule has 0 saturated heterocycles. The summed E-state index contributed by atoms with van der Waals surface area (Å²) in [4.78, 5) is 16.8. The van der Waals surface area contributed by atoms with Crippen molar-refractivity contribution in [3.63, 3.8) is 0 Å². The molecular formula is C28H30ClN3O4. The van der Waals surface area contributed by atoms with E-state index in [9.17, 15) is 15.0 Å². The summed E-state index contributed by atoms with van der Waals surface area (Å²) in [7, 11) is 0. The minimum atomic E-state index is -0.640. The van der Waals surface area contributed by atoms with Crippen molar-refractivity contribution < 1.29 is 19.7 Å². The van der Waals surface area contributed by atoms with Gasteiger partial charge in [0.15, 0.2) is 0 Å². The number of fused-ring (bicyclic) bond motifs is 1. The molecule has 3 aromatic carbocycles. The monoisotopic (exact) mass is 507 g/mol. The Bertz CT molecular complexity index is 1250. The van der Waals surface area contributed by atoms with Crippen LogP contribution in [-0.2, 0) is 17.6 Å². The standard InChI is InChI=1S/C28H29N3O4.ClH/c32-25-9-11-27(12-10-25)35-19-26(33)18-29-14-13-20-5-7-23(8-6-20)31-28(34)16-24-15-21-3-1-2-4-22(21)17-30-24;/h1-12,15,17,26,29,32-33H,13-14,16,18-19H2,(H,31,34);1H/t26-;/m0./s1. The number of amides is 1. The van der Waals surface area contributed by atoms with Crippen LogP contribution in [0, 0.1) is 0 Å². The first-order chi connectivity index (χ1) is 17.0. The van der Waals surface area contributed by atoms with Crippen LogP contribution < -0.4 is 15.4 Å². The van der Waals surface area contributed by atoms with Crippen LogP contribution in [0.2, 0.25) is 0 Å². The van der Waals surface area contributed by atoms with Gasteiger partial charge >= 0.3 is 0 Å². The molecule has 1 heterocycles. The molecule has 1 amide bonds. The highest BCUT2D eigenvalue weighted by molar-refractivity contribution is 5.92. The van der Waals surface area contributed by atoms with Crippen LogP contribution >= 0.6 is 12.4 Å². The molecule has 0 unspecified atom stereocenters. The quantitative estimate of drug-likeness (QED) is 0.228. The number of hydrogen-bond acceptors (Lipinski definition) is 6. The third kappa shape index (κ3) is 8.23. The first-order valence-electron chi connectivity index (χ1n) is 11.6. The minimum Gasteiger partial charge on any atom is -0.508 e. The highest BCUT2D eigenvalue weighted by atomic mass is 35.5. The second kappa shape index (κ2) is 13.4. The van der Waals surface area contributed by atoms with Gasteiger partial charge in [0.25, 0.3) is 0 Å². The summed E-state index contributed by atoms with van der Waals surface area (Å²) in [6.45, 7) is 1.28. The van der Waals surface area contributed by atoms with E-state index in [1.165, 1.54) is 0 Å². The number of pyridine rings is 1. The summed E-state index contributed by atoms with van der Waals surface area (Å²) in [6, 6.07) is 24.0. The molecule has 4 N–H and O–H groups in total. The number of halogens is 1. The first-order valence-corrected chi connectivity index (χ1v) is 11.6. The third-order valence-corrected chi connectivity index (χ3v) is 5.52. The molecule has 0 bridgehead atoms. The number of rotatable bonds is 11. The Balaban J connectivity index is 0.00000361. The lowest BCUT2D eigenvalue weighted by atomic mass is 10.1. The van der Waals surface area contributed by atoms with Gasteiger partial charge in [-0.1, -0.05) is 36.4 Å². The van der Waals surface area contributed by atoms with E-state index < -0.39 is 6.10 Å². The fraction of sp³-hybridized carbons (Fsp3) is 0.214. The summed E-state index contributed by atoms with van der Waals surface area (Å²) in [5.41, 5.74) is 2.61. The number of carbonyl (C=O) groups is 1. The number of phenolic OH excluding ortho intramolecular Hbond substituents is 1. The van der Waals surface area contributed by atoms with E-state index in [0.29, 0.717) is 18.8 Å². The number of aromatic nitrogens is 1. The van der Waals surface area contributed by atoms with Crippen LogP contribution in [0.15, 0.2) is 85.1 Å². The Morgan fingerprint density at radius 2 is 1.69 bits per heavy atom. The van der Waals surface area contributed by atoms with E-state index in [1.54, 1.807) is 30.5 Å². The number of nitrogens with zero attached hydrogens (tertiary/aromatic N) is 1. The van der Waals surface area contributed by atoms with Gasteiger partial charge in [0.05, 0.1) is 12.1 Å². The summed E-state index contributed by atoms with van der Waals surface area (Å²) in [5, 5.41) is 27.6. The average Bonchev–Trinajstić information content (AvgIpc) is 2.87. The number of benzene rings is 3. The molecule has 0 saturated carbocycles. The van der Waals surface area contributed by atoms with Crippen LogP contribution in [0.3, 0.4) is 0 Å². The van der Waals surface area contributed by atoms with E-state index >= 15 is 0 Å². The predicted octanol–water partition coefficient (Wildman–Crippen LogP) is 4.12. The molecule has 0 fully saturated rings. The Labute approximate surface area is 216 Å². The third-order valence-electron chi connectivity index (χ3n) is 5.52. The minimum absolute atomic E-state index is 0. The van der Waals surface area contributed by atoms with Crippen LogP contribution in [-0.4, -0.2) is 46.9 Å². The van der Waals surface area contributed by atoms with Gasteiger partial charge in [-0.15, -0.1) is 12.4 Å². The average molecular weight is 508 g/mol. The maximum Gasteiger partial charge on any atom is 0.230 e. The van der Waals surface area contributed by atoms with Crippen molar-refractivity contribution in [2.45, 2.75) is 18.9 Å². The fourth-order valence-corrected chi connectivity index (χ4v) is 3.65. The van der Waals surface area contributed by atoms with E-state index in [1.807, 2.05) is 54.6 Å². The van der Waals surface area contributed by atoms with Crippen molar-refractivity contribution >= 4 is 34.8 Å².